The minimum absolute atomic E-state index is 0.0542. The van der Waals surface area contributed by atoms with Crippen LogP contribution in [0, 0.1) is 41.2 Å². The molecule has 0 bridgehead atoms. The largest absolute Gasteiger partial charge is 0.396 e. The molecule has 7 nitrogen and oxygen atoms in total. The van der Waals surface area contributed by atoms with Gasteiger partial charge in [0, 0.05) is 35.1 Å². The first kappa shape index (κ1) is 29.5. The van der Waals surface area contributed by atoms with E-state index in [1.807, 2.05) is 36.6 Å². The van der Waals surface area contributed by atoms with Crippen molar-refractivity contribution in [2.75, 3.05) is 17.7 Å². The summed E-state index contributed by atoms with van der Waals surface area (Å²) < 4.78 is 26.6. The Morgan fingerprint density at radius 2 is 1.77 bits per heavy atom. The monoisotopic (exact) mass is 564 g/mol. The van der Waals surface area contributed by atoms with Gasteiger partial charge in [-0.15, -0.1) is 11.3 Å². The van der Waals surface area contributed by atoms with E-state index in [-0.39, 0.29) is 16.9 Å². The van der Waals surface area contributed by atoms with Crippen LogP contribution in [0.5, 0.6) is 0 Å². The number of nitriles is 2. The SMILES string of the molecule is CCCCO.Cc1ccc(-c2c(C#N)c(N)nc(SCc3csc(Nc4ccc(F)c(F)c4)n3)c2C#N)cc1. The lowest BCUT2D eigenvalue weighted by molar-refractivity contribution is 0.287. The molecule has 0 aliphatic heterocycles. The minimum atomic E-state index is -0.949. The number of halogens is 2. The van der Waals surface area contributed by atoms with Gasteiger partial charge in [-0.2, -0.15) is 10.5 Å². The summed E-state index contributed by atoms with van der Waals surface area (Å²) in [6.45, 7) is 4.35. The fourth-order valence-electron chi connectivity index (χ4n) is 3.34. The van der Waals surface area contributed by atoms with Crippen molar-refractivity contribution in [3.8, 4) is 23.3 Å². The van der Waals surface area contributed by atoms with Gasteiger partial charge >= 0.3 is 0 Å². The van der Waals surface area contributed by atoms with Gasteiger partial charge in [0.05, 0.1) is 11.3 Å². The molecule has 4 rings (SSSR count). The van der Waals surface area contributed by atoms with E-state index in [9.17, 15) is 19.3 Å². The fraction of sp³-hybridized carbons (Fsp3) is 0.214. The van der Waals surface area contributed by atoms with E-state index in [1.54, 1.807) is 0 Å². The number of thioether (sulfide) groups is 1. The summed E-state index contributed by atoms with van der Waals surface area (Å²) in [5, 5.41) is 33.3. The third kappa shape index (κ3) is 7.74. The van der Waals surface area contributed by atoms with Crippen LogP contribution in [-0.4, -0.2) is 21.7 Å². The second kappa shape index (κ2) is 14.2. The van der Waals surface area contributed by atoms with Gasteiger partial charge in [0.15, 0.2) is 16.8 Å². The van der Waals surface area contributed by atoms with Gasteiger partial charge in [-0.3, -0.25) is 0 Å². The standard InChI is InChI=1S/C24H16F2N6S2.C4H10O/c1-13-2-4-14(5-3-13)21-17(9-27)22(29)32-23(18(21)10-28)33-11-16-12-34-24(31-16)30-15-6-7-19(25)20(26)8-15;1-2-3-4-5/h2-8,12H,11H2,1H3,(H2,29,32)(H,30,31);5H,2-4H2,1H3. The Hall–Kier alpha value is -4.03. The number of hydrogen-bond donors (Lipinski definition) is 3. The highest BCUT2D eigenvalue weighted by molar-refractivity contribution is 7.98. The number of aryl methyl sites for hydroxylation is 1. The van der Waals surface area contributed by atoms with Gasteiger partial charge in [0.1, 0.15) is 28.5 Å². The van der Waals surface area contributed by atoms with Crippen LogP contribution in [0.4, 0.5) is 25.4 Å². The number of aromatic nitrogens is 2. The molecular weight excluding hydrogens is 538 g/mol. The van der Waals surface area contributed by atoms with Crippen LogP contribution in [0.3, 0.4) is 0 Å². The van der Waals surface area contributed by atoms with Crippen LogP contribution >= 0.6 is 23.1 Å². The number of nitrogens with one attached hydrogen (secondary N) is 1. The van der Waals surface area contributed by atoms with E-state index < -0.39 is 11.6 Å². The molecule has 0 aliphatic rings. The minimum Gasteiger partial charge on any atom is -0.396 e. The van der Waals surface area contributed by atoms with E-state index in [4.69, 9.17) is 10.8 Å². The predicted molar refractivity (Wildman–Crippen MR) is 152 cm³/mol. The van der Waals surface area contributed by atoms with Gasteiger partial charge in [0.2, 0.25) is 0 Å². The number of hydrogen-bond acceptors (Lipinski definition) is 9. The molecule has 200 valence electrons. The lowest BCUT2D eigenvalue weighted by Gasteiger charge is -2.13. The number of anilines is 3. The maximum atomic E-state index is 13.4. The van der Waals surface area contributed by atoms with Crippen LogP contribution in [0.25, 0.3) is 11.1 Å². The van der Waals surface area contributed by atoms with Gasteiger partial charge in [-0.25, -0.2) is 18.7 Å². The molecule has 0 fully saturated rings. The summed E-state index contributed by atoms with van der Waals surface area (Å²) >= 11 is 2.58. The molecule has 0 saturated carbocycles. The topological polar surface area (TPSA) is 132 Å². The molecule has 2 aromatic carbocycles. The zero-order valence-electron chi connectivity index (χ0n) is 21.3. The molecule has 0 aliphatic carbocycles. The van der Waals surface area contributed by atoms with Crippen LogP contribution in [-0.2, 0) is 5.75 Å². The number of rotatable bonds is 8. The van der Waals surface area contributed by atoms with Crippen LogP contribution in [0.1, 0.15) is 42.1 Å². The fourth-order valence-corrected chi connectivity index (χ4v) is 5.06. The molecule has 2 aromatic heterocycles. The highest BCUT2D eigenvalue weighted by atomic mass is 32.2. The van der Waals surface area contributed by atoms with Crippen molar-refractivity contribution in [1.82, 2.24) is 9.97 Å². The quantitative estimate of drug-likeness (QED) is 0.196. The Labute approximate surface area is 234 Å². The molecule has 11 heteroatoms. The van der Waals surface area contributed by atoms with E-state index in [0.29, 0.717) is 45.0 Å². The molecular formula is C28H26F2N6OS2. The summed E-state index contributed by atoms with van der Waals surface area (Å²) in [5.41, 5.74) is 9.80. The van der Waals surface area contributed by atoms with Crippen molar-refractivity contribution < 1.29 is 13.9 Å². The zero-order valence-corrected chi connectivity index (χ0v) is 23.0. The van der Waals surface area contributed by atoms with E-state index in [1.165, 1.54) is 29.2 Å². The lowest BCUT2D eigenvalue weighted by Crippen LogP contribution is -2.03. The molecule has 0 spiro atoms. The number of aliphatic hydroxyl groups excluding tert-OH is 1. The summed E-state index contributed by atoms with van der Waals surface area (Å²) in [6.07, 6.45) is 2.04. The number of nitrogens with two attached hydrogens (primary N) is 1. The van der Waals surface area contributed by atoms with Gasteiger partial charge in [-0.1, -0.05) is 54.9 Å². The third-order valence-electron chi connectivity index (χ3n) is 5.35. The highest BCUT2D eigenvalue weighted by Gasteiger charge is 2.21. The van der Waals surface area contributed by atoms with Crippen molar-refractivity contribution in [3.63, 3.8) is 0 Å². The van der Waals surface area contributed by atoms with E-state index in [2.05, 4.69) is 34.3 Å². The Balaban J connectivity index is 0.000000771. The smallest absolute Gasteiger partial charge is 0.187 e. The number of pyridine rings is 1. The Kier molecular flexibility index (Phi) is 10.8. The molecule has 0 saturated heterocycles. The molecule has 0 unspecified atom stereocenters. The van der Waals surface area contributed by atoms with Crippen molar-refractivity contribution in [1.29, 1.82) is 10.5 Å². The van der Waals surface area contributed by atoms with Gasteiger partial charge < -0.3 is 16.2 Å². The second-order valence-electron chi connectivity index (χ2n) is 8.28. The number of nitrogen functional groups attached to an aromatic ring is 1. The number of unbranched alkanes of at least 4 members (excludes halogenated alkanes) is 1. The van der Waals surface area contributed by atoms with Gasteiger partial charge in [0.25, 0.3) is 0 Å². The number of aliphatic hydroxyl groups is 1. The molecule has 4 aromatic rings. The maximum absolute atomic E-state index is 13.4. The highest BCUT2D eigenvalue weighted by Crippen LogP contribution is 2.37. The van der Waals surface area contributed by atoms with Crippen LogP contribution in [0.2, 0.25) is 0 Å². The Morgan fingerprint density at radius 3 is 2.36 bits per heavy atom. The Bertz CT molecular complexity index is 1510. The molecule has 4 N–H and O–H groups in total. The summed E-state index contributed by atoms with van der Waals surface area (Å²) in [6, 6.07) is 15.3. The predicted octanol–water partition coefficient (Wildman–Crippen LogP) is 6.93. The van der Waals surface area contributed by atoms with Crippen molar-refractivity contribution in [3.05, 3.63) is 81.9 Å². The Morgan fingerprint density at radius 1 is 1.05 bits per heavy atom. The summed E-state index contributed by atoms with van der Waals surface area (Å²) in [5.74, 6) is -1.43. The molecule has 0 atom stereocenters. The third-order valence-corrected chi connectivity index (χ3v) is 7.16. The van der Waals surface area contributed by atoms with Crippen LogP contribution < -0.4 is 11.1 Å². The van der Waals surface area contributed by atoms with Crippen molar-refractivity contribution in [2.45, 2.75) is 37.5 Å². The summed E-state index contributed by atoms with van der Waals surface area (Å²) in [4.78, 5) is 8.76. The van der Waals surface area contributed by atoms with Gasteiger partial charge in [-0.05, 0) is 31.0 Å². The van der Waals surface area contributed by atoms with Crippen LogP contribution in [0.15, 0.2) is 52.9 Å². The number of nitrogens with zero attached hydrogens (tertiary/aromatic N) is 4. The average molecular weight is 565 g/mol. The molecule has 39 heavy (non-hydrogen) atoms. The summed E-state index contributed by atoms with van der Waals surface area (Å²) in [7, 11) is 0. The lowest BCUT2D eigenvalue weighted by atomic mass is 9.96. The van der Waals surface area contributed by atoms with E-state index >= 15 is 0 Å². The molecule has 2 heterocycles. The van der Waals surface area contributed by atoms with Crippen molar-refractivity contribution >= 4 is 39.7 Å². The first-order valence-corrected chi connectivity index (χ1v) is 13.8. The number of benzene rings is 2. The first-order valence-electron chi connectivity index (χ1n) is 11.9. The average Bonchev–Trinajstić information content (AvgIpc) is 3.37. The first-order chi connectivity index (χ1) is 18.8. The normalized spacial score (nSPS) is 10.2. The zero-order chi connectivity index (χ0) is 28.4. The molecule has 0 radical (unpaired) electrons. The second-order valence-corrected chi connectivity index (χ2v) is 10.1. The number of thiazole rings is 1. The van der Waals surface area contributed by atoms with E-state index in [0.717, 1.165) is 30.5 Å². The van der Waals surface area contributed by atoms with Crippen molar-refractivity contribution in [2.24, 2.45) is 0 Å². The maximum Gasteiger partial charge on any atom is 0.187 e. The molecule has 0 amide bonds.